The van der Waals surface area contributed by atoms with Gasteiger partial charge in [0.25, 0.3) is 0 Å². The number of nitrogens with one attached hydrogen (secondary N) is 3. The molecule has 1 aliphatic rings. The van der Waals surface area contributed by atoms with Crippen LogP contribution in [0.25, 0.3) is 0 Å². The van der Waals surface area contributed by atoms with E-state index in [2.05, 4.69) is 20.9 Å². The maximum atomic E-state index is 12.5. The predicted octanol–water partition coefficient (Wildman–Crippen LogP) is 3.53. The Balaban J connectivity index is 1.59. The molecule has 2 heterocycles. The van der Waals surface area contributed by atoms with Crippen molar-refractivity contribution in [3.8, 4) is 0 Å². The lowest BCUT2D eigenvalue weighted by molar-refractivity contribution is -0.137. The number of rotatable bonds is 4. The molecule has 0 aliphatic carbocycles. The third kappa shape index (κ3) is 4.48. The zero-order chi connectivity index (χ0) is 17.9. The van der Waals surface area contributed by atoms with Gasteiger partial charge in [-0.3, -0.25) is 4.79 Å². The monoisotopic (exact) mass is 350 g/mol. The fourth-order valence-electron chi connectivity index (χ4n) is 2.56. The molecular formula is C17H17F3N4O. The fourth-order valence-corrected chi connectivity index (χ4v) is 2.56. The zero-order valence-corrected chi connectivity index (χ0v) is 13.2. The van der Waals surface area contributed by atoms with Crippen molar-refractivity contribution in [1.29, 1.82) is 0 Å². The van der Waals surface area contributed by atoms with Gasteiger partial charge in [-0.2, -0.15) is 13.2 Å². The molecule has 1 amide bonds. The highest BCUT2D eigenvalue weighted by Gasteiger charge is 2.30. The summed E-state index contributed by atoms with van der Waals surface area (Å²) < 4.78 is 37.5. The molecule has 1 aliphatic heterocycles. The number of amides is 1. The van der Waals surface area contributed by atoms with Crippen LogP contribution in [0.1, 0.15) is 18.4 Å². The summed E-state index contributed by atoms with van der Waals surface area (Å²) in [5.74, 6) is 0.238. The Morgan fingerprint density at radius 3 is 2.40 bits per heavy atom. The zero-order valence-electron chi connectivity index (χ0n) is 13.2. The smallest absolute Gasteiger partial charge is 0.340 e. The normalized spacial score (nSPS) is 17.3. The molecule has 0 radical (unpaired) electrons. The average molecular weight is 350 g/mol. The van der Waals surface area contributed by atoms with Gasteiger partial charge in [0.2, 0.25) is 5.91 Å². The van der Waals surface area contributed by atoms with Crippen LogP contribution in [0.3, 0.4) is 0 Å². The summed E-state index contributed by atoms with van der Waals surface area (Å²) in [6.07, 6.45) is -1.81. The van der Waals surface area contributed by atoms with E-state index in [1.54, 1.807) is 24.3 Å². The molecule has 2 aromatic rings. The van der Waals surface area contributed by atoms with Crippen LogP contribution in [0.15, 0.2) is 42.6 Å². The number of hydrogen-bond acceptors (Lipinski definition) is 4. The molecule has 132 valence electrons. The SMILES string of the molecule is O=C(Nc1ccc(Nc2ccc(C(F)(F)F)cn2)cc1)[C@@H]1CCCN1. The van der Waals surface area contributed by atoms with E-state index >= 15 is 0 Å². The van der Waals surface area contributed by atoms with Crippen molar-refractivity contribution in [2.24, 2.45) is 0 Å². The van der Waals surface area contributed by atoms with Crippen LogP contribution in [-0.4, -0.2) is 23.5 Å². The number of hydrogen-bond donors (Lipinski definition) is 3. The average Bonchev–Trinajstić information content (AvgIpc) is 3.11. The number of aromatic nitrogens is 1. The van der Waals surface area contributed by atoms with Crippen LogP contribution in [0.4, 0.5) is 30.4 Å². The van der Waals surface area contributed by atoms with Crippen LogP contribution in [-0.2, 0) is 11.0 Å². The maximum absolute atomic E-state index is 12.5. The number of nitrogens with zero attached hydrogens (tertiary/aromatic N) is 1. The number of halogens is 3. The van der Waals surface area contributed by atoms with E-state index in [0.29, 0.717) is 17.2 Å². The first-order valence-electron chi connectivity index (χ1n) is 7.86. The Bertz CT molecular complexity index is 723. The van der Waals surface area contributed by atoms with Gasteiger partial charge in [-0.05, 0) is 55.8 Å². The summed E-state index contributed by atoms with van der Waals surface area (Å²) in [4.78, 5) is 15.8. The minimum Gasteiger partial charge on any atom is -0.340 e. The van der Waals surface area contributed by atoms with Gasteiger partial charge in [0, 0.05) is 17.6 Å². The number of pyridine rings is 1. The third-order valence-electron chi connectivity index (χ3n) is 3.89. The van der Waals surface area contributed by atoms with Gasteiger partial charge >= 0.3 is 6.18 Å². The van der Waals surface area contributed by atoms with E-state index in [9.17, 15) is 18.0 Å². The summed E-state index contributed by atoms with van der Waals surface area (Å²) in [5, 5.41) is 8.87. The van der Waals surface area contributed by atoms with Crippen molar-refractivity contribution < 1.29 is 18.0 Å². The Morgan fingerprint density at radius 1 is 1.12 bits per heavy atom. The molecule has 3 rings (SSSR count). The minimum absolute atomic E-state index is 0.0670. The maximum Gasteiger partial charge on any atom is 0.417 e. The standard InChI is InChI=1S/C17H17F3N4O/c18-17(19,20)11-3-8-15(22-10-11)23-12-4-6-13(7-5-12)24-16(25)14-2-1-9-21-14/h3-8,10,14,21H,1-2,9H2,(H,22,23)(H,24,25)/t14-/m0/s1. The van der Waals surface area contributed by atoms with Crippen molar-refractivity contribution in [3.63, 3.8) is 0 Å². The molecular weight excluding hydrogens is 333 g/mol. The summed E-state index contributed by atoms with van der Waals surface area (Å²) >= 11 is 0. The van der Waals surface area contributed by atoms with Crippen LogP contribution >= 0.6 is 0 Å². The molecule has 25 heavy (non-hydrogen) atoms. The molecule has 1 saturated heterocycles. The van der Waals surface area contributed by atoms with Gasteiger partial charge in [0.1, 0.15) is 5.82 Å². The second kappa shape index (κ2) is 7.10. The molecule has 5 nitrogen and oxygen atoms in total. The van der Waals surface area contributed by atoms with Gasteiger partial charge in [0.15, 0.2) is 0 Å². The lowest BCUT2D eigenvalue weighted by Crippen LogP contribution is -2.35. The molecule has 0 saturated carbocycles. The molecule has 1 aromatic carbocycles. The minimum atomic E-state index is -4.40. The van der Waals surface area contributed by atoms with E-state index in [0.717, 1.165) is 31.6 Å². The van der Waals surface area contributed by atoms with Crippen molar-refractivity contribution in [3.05, 3.63) is 48.2 Å². The summed E-state index contributed by atoms with van der Waals surface area (Å²) in [5.41, 5.74) is 0.519. The Morgan fingerprint density at radius 2 is 1.84 bits per heavy atom. The Hall–Kier alpha value is -2.61. The molecule has 0 spiro atoms. The van der Waals surface area contributed by atoms with Crippen LogP contribution in [0.2, 0.25) is 0 Å². The van der Waals surface area contributed by atoms with Crippen LogP contribution in [0.5, 0.6) is 0 Å². The highest BCUT2D eigenvalue weighted by atomic mass is 19.4. The second-order valence-electron chi connectivity index (χ2n) is 5.77. The van der Waals surface area contributed by atoms with E-state index < -0.39 is 11.7 Å². The molecule has 1 aromatic heterocycles. The van der Waals surface area contributed by atoms with Gasteiger partial charge in [0.05, 0.1) is 11.6 Å². The topological polar surface area (TPSA) is 66.0 Å². The van der Waals surface area contributed by atoms with Gasteiger partial charge < -0.3 is 16.0 Å². The van der Waals surface area contributed by atoms with Gasteiger partial charge in [-0.1, -0.05) is 0 Å². The van der Waals surface area contributed by atoms with E-state index in [1.807, 2.05) is 0 Å². The number of anilines is 3. The lowest BCUT2D eigenvalue weighted by atomic mass is 10.2. The van der Waals surface area contributed by atoms with Crippen LogP contribution in [0, 0.1) is 0 Å². The first-order valence-corrected chi connectivity index (χ1v) is 7.86. The molecule has 8 heteroatoms. The third-order valence-corrected chi connectivity index (χ3v) is 3.89. The second-order valence-corrected chi connectivity index (χ2v) is 5.77. The summed E-state index contributed by atoms with van der Waals surface area (Å²) in [7, 11) is 0. The quantitative estimate of drug-likeness (QED) is 0.789. The summed E-state index contributed by atoms with van der Waals surface area (Å²) in [6.45, 7) is 0.848. The Kier molecular flexibility index (Phi) is 4.89. The molecule has 0 bridgehead atoms. The van der Waals surface area contributed by atoms with Gasteiger partial charge in [-0.25, -0.2) is 4.98 Å². The van der Waals surface area contributed by atoms with E-state index in [-0.39, 0.29) is 11.9 Å². The highest BCUT2D eigenvalue weighted by molar-refractivity contribution is 5.95. The highest BCUT2D eigenvalue weighted by Crippen LogP contribution is 2.29. The van der Waals surface area contributed by atoms with E-state index in [4.69, 9.17) is 0 Å². The fraction of sp³-hybridized carbons (Fsp3) is 0.294. The van der Waals surface area contributed by atoms with Gasteiger partial charge in [-0.15, -0.1) is 0 Å². The largest absolute Gasteiger partial charge is 0.417 e. The number of carbonyl (C=O) groups is 1. The number of alkyl halides is 3. The first kappa shape index (κ1) is 17.2. The molecule has 0 unspecified atom stereocenters. The molecule has 1 atom stereocenters. The Labute approximate surface area is 142 Å². The van der Waals surface area contributed by atoms with Crippen LogP contribution < -0.4 is 16.0 Å². The number of benzene rings is 1. The van der Waals surface area contributed by atoms with Crippen molar-refractivity contribution in [2.75, 3.05) is 17.2 Å². The lowest BCUT2D eigenvalue weighted by Gasteiger charge is -2.12. The molecule has 1 fully saturated rings. The molecule has 3 N–H and O–H groups in total. The predicted molar refractivity (Wildman–Crippen MR) is 88.6 cm³/mol. The van der Waals surface area contributed by atoms with Crippen molar-refractivity contribution in [1.82, 2.24) is 10.3 Å². The number of carbonyl (C=O) groups excluding carboxylic acids is 1. The van der Waals surface area contributed by atoms with Crippen molar-refractivity contribution >= 4 is 23.1 Å². The van der Waals surface area contributed by atoms with E-state index in [1.165, 1.54) is 6.07 Å². The first-order chi connectivity index (χ1) is 11.9. The summed E-state index contributed by atoms with van der Waals surface area (Å²) in [6, 6.07) is 8.96. The van der Waals surface area contributed by atoms with Crippen molar-refractivity contribution in [2.45, 2.75) is 25.1 Å².